The number of carbonyl (C=O) groups excluding carboxylic acids is 1. The molecule has 0 amide bonds. The number of carbonyl (C=O) groups is 1. The lowest BCUT2D eigenvalue weighted by Crippen LogP contribution is -2.32. The predicted octanol–water partition coefficient (Wildman–Crippen LogP) is 10.6. The molecule has 1 aromatic carbocycles. The molecule has 2 rings (SSSR count). The number of nitrogens with zero attached hydrogens (tertiary/aromatic N) is 1. The van der Waals surface area contributed by atoms with Crippen LogP contribution in [0.3, 0.4) is 0 Å². The van der Waals surface area contributed by atoms with Crippen LogP contribution in [0.2, 0.25) is 0 Å². The van der Waals surface area contributed by atoms with E-state index in [0.29, 0.717) is 35.8 Å². The van der Waals surface area contributed by atoms with Crippen molar-refractivity contribution in [3.8, 4) is 17.6 Å². The van der Waals surface area contributed by atoms with Crippen LogP contribution in [0.15, 0.2) is 77.1 Å². The van der Waals surface area contributed by atoms with Crippen LogP contribution in [0.4, 0.5) is 5.69 Å². The van der Waals surface area contributed by atoms with E-state index in [-0.39, 0.29) is 29.6 Å². The molecule has 5 nitrogen and oxygen atoms in total. The van der Waals surface area contributed by atoms with Crippen LogP contribution < -0.4 is 4.74 Å². The van der Waals surface area contributed by atoms with E-state index in [1.165, 1.54) is 19.8 Å². The molecule has 0 saturated heterocycles. The number of ketones is 1. The van der Waals surface area contributed by atoms with Crippen molar-refractivity contribution < 1.29 is 14.3 Å². The van der Waals surface area contributed by atoms with Gasteiger partial charge in [0.25, 0.3) is 0 Å². The second kappa shape index (κ2) is 19.7. The molecule has 238 valence electrons. The van der Waals surface area contributed by atoms with Gasteiger partial charge >= 0.3 is 0 Å². The zero-order valence-electron chi connectivity index (χ0n) is 28.1. The summed E-state index contributed by atoms with van der Waals surface area (Å²) in [5, 5.41) is 3.20. The minimum atomic E-state index is -0.186. The Morgan fingerprint density at radius 2 is 1.93 bits per heavy atom. The molecule has 0 spiro atoms. The molecule has 3 atom stereocenters. The van der Waals surface area contributed by atoms with E-state index in [2.05, 4.69) is 69.5 Å². The minimum Gasteiger partial charge on any atom is -0.489 e. The summed E-state index contributed by atoms with van der Waals surface area (Å²) in [5.41, 5.74) is 4.13. The maximum Gasteiger partial charge on any atom is 0.162 e. The number of hydrogen-bond donors (Lipinski definition) is 0. The van der Waals surface area contributed by atoms with Crippen LogP contribution in [-0.4, -0.2) is 24.6 Å². The van der Waals surface area contributed by atoms with Gasteiger partial charge in [0.05, 0.1) is 12.2 Å². The van der Waals surface area contributed by atoms with Gasteiger partial charge in [0, 0.05) is 29.0 Å². The van der Waals surface area contributed by atoms with Gasteiger partial charge in [0.15, 0.2) is 5.78 Å². The summed E-state index contributed by atoms with van der Waals surface area (Å²) in [7, 11) is 0. The molecule has 1 aromatic rings. The molecule has 0 saturated carbocycles. The fourth-order valence-electron chi connectivity index (χ4n) is 5.28. The van der Waals surface area contributed by atoms with E-state index in [9.17, 15) is 9.70 Å². The Morgan fingerprint density at radius 1 is 1.16 bits per heavy atom. The molecule has 5 heteroatoms. The van der Waals surface area contributed by atoms with Gasteiger partial charge in [-0.25, -0.2) is 0 Å². The van der Waals surface area contributed by atoms with Gasteiger partial charge < -0.3 is 9.47 Å². The van der Waals surface area contributed by atoms with Gasteiger partial charge in [-0.15, -0.1) is 4.91 Å². The maximum absolute atomic E-state index is 12.1. The minimum absolute atomic E-state index is 0.149. The standard InChI is InChI=1S/C39H53NO4/c1-9-13-15-18-36(28(5)6)44-39(33-23-21-32(22-24-33)17-14-10-2)29(7)19-20-31(12-4)27-43-37-26-25-34(30(8)41)38(40-42)35(37)16-11-3/h12,19-23,25-26,28,33,36,39H,7,9-11,13,15-16,18,24,27H2,1-6,8H3/b20-19-,31-12+. The SMILES string of the molecule is C=C(/C=C\C(=C/C)COc1ccc(C(C)=O)c(N=O)c1CCC)C(OC(CCCCC)C(C)C)C1C=CC(C#CCC)=CC1. The maximum atomic E-state index is 12.1. The average molecular weight is 600 g/mol. The van der Waals surface area contributed by atoms with Crippen molar-refractivity contribution in [2.75, 3.05) is 6.61 Å². The summed E-state index contributed by atoms with van der Waals surface area (Å²) in [6, 6.07) is 3.39. The third kappa shape index (κ3) is 11.2. The topological polar surface area (TPSA) is 65.0 Å². The molecule has 0 heterocycles. The van der Waals surface area contributed by atoms with Crippen LogP contribution in [0.25, 0.3) is 0 Å². The number of rotatable bonds is 18. The van der Waals surface area contributed by atoms with Gasteiger partial charge in [-0.3, -0.25) is 4.79 Å². The van der Waals surface area contributed by atoms with Gasteiger partial charge in [0.1, 0.15) is 18.0 Å². The zero-order valence-corrected chi connectivity index (χ0v) is 28.1. The van der Waals surface area contributed by atoms with Crippen molar-refractivity contribution in [3.05, 3.63) is 87.9 Å². The quantitative estimate of drug-likeness (QED) is 0.0553. The van der Waals surface area contributed by atoms with Gasteiger partial charge in [-0.2, -0.15) is 0 Å². The molecule has 0 fully saturated rings. The number of unbranched alkanes of at least 4 members (excludes halogenated alkanes) is 2. The summed E-state index contributed by atoms with van der Waals surface area (Å²) < 4.78 is 13.1. The van der Waals surface area contributed by atoms with E-state index in [0.717, 1.165) is 48.8 Å². The molecule has 0 radical (unpaired) electrons. The summed E-state index contributed by atoms with van der Waals surface area (Å²) >= 11 is 0. The van der Waals surface area contributed by atoms with E-state index >= 15 is 0 Å². The van der Waals surface area contributed by atoms with Crippen LogP contribution in [0.5, 0.6) is 5.75 Å². The first-order valence-electron chi connectivity index (χ1n) is 16.4. The molecule has 0 bridgehead atoms. The number of hydrogen-bond acceptors (Lipinski definition) is 5. The van der Waals surface area contributed by atoms with E-state index in [1.807, 2.05) is 32.1 Å². The van der Waals surface area contributed by atoms with E-state index in [1.54, 1.807) is 12.1 Å². The molecule has 0 aromatic heterocycles. The first kappa shape index (κ1) is 36.7. The number of nitroso groups, excluding NO2 is 1. The van der Waals surface area contributed by atoms with Gasteiger partial charge in [0.2, 0.25) is 0 Å². The second-order valence-electron chi connectivity index (χ2n) is 11.8. The van der Waals surface area contributed by atoms with Crippen molar-refractivity contribution in [1.82, 2.24) is 0 Å². The smallest absolute Gasteiger partial charge is 0.162 e. The third-order valence-electron chi connectivity index (χ3n) is 7.94. The highest BCUT2D eigenvalue weighted by Crippen LogP contribution is 2.35. The summed E-state index contributed by atoms with van der Waals surface area (Å²) in [6.45, 7) is 19.0. The van der Waals surface area contributed by atoms with Crippen LogP contribution in [0.1, 0.15) is 109 Å². The Kier molecular flexibility index (Phi) is 16.4. The Morgan fingerprint density at radius 3 is 2.50 bits per heavy atom. The molecule has 0 N–H and O–H groups in total. The van der Waals surface area contributed by atoms with Crippen molar-refractivity contribution in [2.45, 2.75) is 112 Å². The largest absolute Gasteiger partial charge is 0.489 e. The molecule has 3 unspecified atom stereocenters. The number of benzene rings is 1. The molecule has 44 heavy (non-hydrogen) atoms. The lowest BCUT2D eigenvalue weighted by Gasteiger charge is -2.33. The summed E-state index contributed by atoms with van der Waals surface area (Å²) in [4.78, 5) is 23.7. The monoisotopic (exact) mass is 599 g/mol. The van der Waals surface area contributed by atoms with Crippen molar-refractivity contribution in [1.29, 1.82) is 0 Å². The van der Waals surface area contributed by atoms with Crippen molar-refractivity contribution >= 4 is 11.5 Å². The van der Waals surface area contributed by atoms with Gasteiger partial charge in [-0.1, -0.05) is 115 Å². The number of ether oxygens (including phenoxy) is 2. The molecular weight excluding hydrogens is 546 g/mol. The van der Waals surface area contributed by atoms with Crippen LogP contribution >= 0.6 is 0 Å². The zero-order chi connectivity index (χ0) is 32.5. The van der Waals surface area contributed by atoms with E-state index in [4.69, 9.17) is 9.47 Å². The highest BCUT2D eigenvalue weighted by molar-refractivity contribution is 6.00. The predicted molar refractivity (Wildman–Crippen MR) is 184 cm³/mol. The highest BCUT2D eigenvalue weighted by Gasteiger charge is 2.27. The number of allylic oxidation sites excluding steroid dienone is 4. The lowest BCUT2D eigenvalue weighted by atomic mass is 9.87. The summed E-state index contributed by atoms with van der Waals surface area (Å²) in [6.07, 6.45) is 20.3. The molecule has 1 aliphatic rings. The van der Waals surface area contributed by atoms with Crippen molar-refractivity contribution in [3.63, 3.8) is 0 Å². The Labute approximate surface area is 266 Å². The number of Topliss-reactive ketones (excluding diaryl/α,β-unsaturated/α-hetero) is 1. The lowest BCUT2D eigenvalue weighted by molar-refractivity contribution is -0.0390. The average Bonchev–Trinajstić information content (AvgIpc) is 3.02. The second-order valence-corrected chi connectivity index (χ2v) is 11.8. The Hall–Kier alpha value is -3.49. The fraction of sp³-hybridized carbons (Fsp3) is 0.513. The van der Waals surface area contributed by atoms with Crippen LogP contribution in [-0.2, 0) is 11.2 Å². The van der Waals surface area contributed by atoms with Gasteiger partial charge in [-0.05, 0) is 67.5 Å². The van der Waals surface area contributed by atoms with Crippen molar-refractivity contribution in [2.24, 2.45) is 17.0 Å². The first-order chi connectivity index (χ1) is 21.2. The molecule has 1 aliphatic carbocycles. The summed E-state index contributed by atoms with van der Waals surface area (Å²) in [5.74, 6) is 7.37. The Balaban J connectivity index is 2.27. The first-order valence-corrected chi connectivity index (χ1v) is 16.4. The molecule has 0 aliphatic heterocycles. The van der Waals surface area contributed by atoms with E-state index < -0.39 is 0 Å². The molecular formula is C39H53NO4. The third-order valence-corrected chi connectivity index (χ3v) is 7.94. The fourth-order valence-corrected chi connectivity index (χ4v) is 5.28. The normalized spacial score (nSPS) is 16.3. The highest BCUT2D eigenvalue weighted by atomic mass is 16.5. The van der Waals surface area contributed by atoms with Crippen LogP contribution in [0, 0.1) is 28.6 Å². The Bertz CT molecular complexity index is 1300.